The maximum atomic E-state index is 12.3. The van der Waals surface area contributed by atoms with Gasteiger partial charge in [0.25, 0.3) is 5.91 Å². The number of rotatable bonds is 10. The summed E-state index contributed by atoms with van der Waals surface area (Å²) in [6.45, 7) is 6.10. The highest BCUT2D eigenvalue weighted by Gasteiger charge is 2.13. The number of carbonyl (C=O) groups excluding carboxylic acids is 1. The van der Waals surface area contributed by atoms with Crippen LogP contribution in [0.5, 0.6) is 0 Å². The Balaban J connectivity index is 1.72. The summed E-state index contributed by atoms with van der Waals surface area (Å²) in [7, 11) is 0. The highest BCUT2D eigenvalue weighted by Crippen LogP contribution is 2.24. The van der Waals surface area contributed by atoms with Gasteiger partial charge in [0.2, 0.25) is 0 Å². The molecular weight excluding hydrogens is 452 g/mol. The molecule has 29 heavy (non-hydrogen) atoms. The molecule has 7 nitrogen and oxygen atoms in total. The standard InChI is InChI=1S/C20H25BrN6OS/c1-3-9-22-17-16-13-24-27(18(16)26-20(25-17)29-12-4-2)11-10-23-19(28)14-5-7-15(21)8-6-14/h5-8,13H,3-4,9-12H2,1-2H3,(H,23,28)(H,22,25,26). The van der Waals surface area contributed by atoms with Gasteiger partial charge in [-0.25, -0.2) is 14.6 Å². The molecule has 0 radical (unpaired) electrons. The van der Waals surface area contributed by atoms with E-state index in [-0.39, 0.29) is 5.91 Å². The fourth-order valence-corrected chi connectivity index (χ4v) is 3.67. The minimum Gasteiger partial charge on any atom is -0.369 e. The summed E-state index contributed by atoms with van der Waals surface area (Å²) in [6, 6.07) is 7.29. The number of benzene rings is 1. The number of carbonyl (C=O) groups is 1. The first-order valence-corrected chi connectivity index (χ1v) is 11.5. The van der Waals surface area contributed by atoms with Crippen LogP contribution in [0.3, 0.4) is 0 Å². The van der Waals surface area contributed by atoms with Crippen molar-refractivity contribution < 1.29 is 4.79 Å². The normalized spacial score (nSPS) is 11.0. The highest BCUT2D eigenvalue weighted by molar-refractivity contribution is 9.10. The Hall–Kier alpha value is -2.13. The summed E-state index contributed by atoms with van der Waals surface area (Å²) < 4.78 is 2.77. The molecule has 3 rings (SSSR count). The highest BCUT2D eigenvalue weighted by atomic mass is 79.9. The Labute approximate surface area is 183 Å². The molecule has 0 atom stereocenters. The quantitative estimate of drug-likeness (QED) is 0.334. The molecule has 0 saturated carbocycles. The van der Waals surface area contributed by atoms with E-state index in [1.807, 2.05) is 16.8 Å². The number of fused-ring (bicyclic) bond motifs is 1. The number of hydrogen-bond donors (Lipinski definition) is 2. The summed E-state index contributed by atoms with van der Waals surface area (Å²) in [5, 5.41) is 12.4. The second kappa shape index (κ2) is 10.6. The van der Waals surface area contributed by atoms with Crippen molar-refractivity contribution in [1.82, 2.24) is 25.1 Å². The van der Waals surface area contributed by atoms with Crippen LogP contribution in [0.4, 0.5) is 5.82 Å². The average Bonchev–Trinajstić information content (AvgIpc) is 3.14. The van der Waals surface area contributed by atoms with Crippen molar-refractivity contribution in [3.63, 3.8) is 0 Å². The van der Waals surface area contributed by atoms with Gasteiger partial charge in [-0.1, -0.05) is 41.5 Å². The molecule has 2 aromatic heterocycles. The minimum atomic E-state index is -0.104. The van der Waals surface area contributed by atoms with Gasteiger partial charge in [-0.2, -0.15) is 5.10 Å². The second-order valence-electron chi connectivity index (χ2n) is 6.50. The van der Waals surface area contributed by atoms with Crippen LogP contribution in [-0.4, -0.2) is 44.5 Å². The van der Waals surface area contributed by atoms with Gasteiger partial charge in [-0.15, -0.1) is 0 Å². The summed E-state index contributed by atoms with van der Waals surface area (Å²) >= 11 is 5.02. The first-order chi connectivity index (χ1) is 14.1. The lowest BCUT2D eigenvalue weighted by molar-refractivity contribution is 0.0952. The van der Waals surface area contributed by atoms with Crippen molar-refractivity contribution in [2.24, 2.45) is 0 Å². The first-order valence-electron chi connectivity index (χ1n) is 9.76. The van der Waals surface area contributed by atoms with Gasteiger partial charge >= 0.3 is 0 Å². The number of nitrogens with one attached hydrogen (secondary N) is 2. The van der Waals surface area contributed by atoms with Gasteiger partial charge < -0.3 is 10.6 Å². The molecule has 0 bridgehead atoms. The second-order valence-corrected chi connectivity index (χ2v) is 8.48. The van der Waals surface area contributed by atoms with E-state index in [0.717, 1.165) is 51.6 Å². The Morgan fingerprint density at radius 2 is 1.93 bits per heavy atom. The van der Waals surface area contributed by atoms with E-state index < -0.39 is 0 Å². The Kier molecular flexibility index (Phi) is 7.88. The molecule has 0 saturated heterocycles. The molecule has 9 heteroatoms. The molecule has 0 aliphatic carbocycles. The van der Waals surface area contributed by atoms with Gasteiger partial charge in [0.1, 0.15) is 5.82 Å². The molecule has 2 heterocycles. The fourth-order valence-electron chi connectivity index (χ4n) is 2.71. The van der Waals surface area contributed by atoms with Crippen LogP contribution in [0.15, 0.2) is 40.1 Å². The number of aromatic nitrogens is 4. The number of anilines is 1. The first kappa shape index (κ1) is 21.6. The van der Waals surface area contributed by atoms with E-state index >= 15 is 0 Å². The Morgan fingerprint density at radius 1 is 1.14 bits per heavy atom. The predicted octanol–water partition coefficient (Wildman–Crippen LogP) is 4.34. The number of hydrogen-bond acceptors (Lipinski definition) is 6. The summed E-state index contributed by atoms with van der Waals surface area (Å²) in [6.07, 6.45) is 3.86. The van der Waals surface area contributed by atoms with E-state index in [9.17, 15) is 4.79 Å². The van der Waals surface area contributed by atoms with Crippen LogP contribution in [0.25, 0.3) is 11.0 Å². The Bertz CT molecular complexity index is 960. The van der Waals surface area contributed by atoms with Crippen molar-refractivity contribution in [2.75, 3.05) is 24.2 Å². The third-order valence-corrected chi connectivity index (χ3v) is 5.75. The van der Waals surface area contributed by atoms with E-state index in [2.05, 4.69) is 50.5 Å². The molecule has 1 amide bonds. The fraction of sp³-hybridized carbons (Fsp3) is 0.400. The molecule has 2 N–H and O–H groups in total. The van der Waals surface area contributed by atoms with Crippen molar-refractivity contribution in [2.45, 2.75) is 38.4 Å². The molecule has 154 valence electrons. The van der Waals surface area contributed by atoms with Gasteiger partial charge in [0, 0.05) is 28.9 Å². The summed E-state index contributed by atoms with van der Waals surface area (Å²) in [5.74, 6) is 1.68. The summed E-state index contributed by atoms with van der Waals surface area (Å²) in [5.41, 5.74) is 1.42. The zero-order valence-electron chi connectivity index (χ0n) is 16.6. The van der Waals surface area contributed by atoms with Crippen LogP contribution in [-0.2, 0) is 6.54 Å². The number of thioether (sulfide) groups is 1. The van der Waals surface area contributed by atoms with E-state index in [1.165, 1.54) is 0 Å². The van der Waals surface area contributed by atoms with Crippen LogP contribution < -0.4 is 10.6 Å². The maximum absolute atomic E-state index is 12.3. The lowest BCUT2D eigenvalue weighted by atomic mass is 10.2. The lowest BCUT2D eigenvalue weighted by Crippen LogP contribution is -2.27. The molecular formula is C20H25BrN6OS. The molecule has 0 aliphatic rings. The largest absolute Gasteiger partial charge is 0.369 e. The van der Waals surface area contributed by atoms with Crippen LogP contribution in [0.2, 0.25) is 0 Å². The average molecular weight is 477 g/mol. The monoisotopic (exact) mass is 476 g/mol. The van der Waals surface area contributed by atoms with Crippen molar-refractivity contribution in [3.05, 3.63) is 40.5 Å². The predicted molar refractivity (Wildman–Crippen MR) is 122 cm³/mol. The SMILES string of the molecule is CCCNc1nc(SCCC)nc2c1cnn2CCNC(=O)c1ccc(Br)cc1. The summed E-state index contributed by atoms with van der Waals surface area (Å²) in [4.78, 5) is 21.7. The number of amides is 1. The van der Waals surface area contributed by atoms with E-state index in [0.29, 0.717) is 18.7 Å². The Morgan fingerprint density at radius 3 is 2.66 bits per heavy atom. The van der Waals surface area contributed by atoms with Crippen molar-refractivity contribution in [1.29, 1.82) is 0 Å². The molecule has 0 fully saturated rings. The molecule has 3 aromatic rings. The van der Waals surface area contributed by atoms with E-state index in [1.54, 1.807) is 30.1 Å². The zero-order chi connectivity index (χ0) is 20.6. The van der Waals surface area contributed by atoms with Crippen LogP contribution >= 0.6 is 27.7 Å². The van der Waals surface area contributed by atoms with Crippen molar-refractivity contribution >= 4 is 50.5 Å². The lowest BCUT2D eigenvalue weighted by Gasteiger charge is -2.09. The molecule has 1 aromatic carbocycles. The third kappa shape index (κ3) is 5.70. The number of halogens is 1. The zero-order valence-corrected chi connectivity index (χ0v) is 19.0. The third-order valence-electron chi connectivity index (χ3n) is 4.17. The number of nitrogens with zero attached hydrogens (tertiary/aromatic N) is 4. The topological polar surface area (TPSA) is 84.7 Å². The van der Waals surface area contributed by atoms with Crippen molar-refractivity contribution in [3.8, 4) is 0 Å². The molecule has 0 aliphatic heterocycles. The minimum absolute atomic E-state index is 0.104. The van der Waals surface area contributed by atoms with Crippen LogP contribution in [0, 0.1) is 0 Å². The molecule has 0 unspecified atom stereocenters. The van der Waals surface area contributed by atoms with Gasteiger partial charge in [0.05, 0.1) is 18.1 Å². The van der Waals surface area contributed by atoms with Gasteiger partial charge in [-0.3, -0.25) is 4.79 Å². The van der Waals surface area contributed by atoms with Crippen LogP contribution in [0.1, 0.15) is 37.0 Å². The molecule has 0 spiro atoms. The van der Waals surface area contributed by atoms with E-state index in [4.69, 9.17) is 4.98 Å². The smallest absolute Gasteiger partial charge is 0.251 e. The maximum Gasteiger partial charge on any atom is 0.251 e. The van der Waals surface area contributed by atoms with Gasteiger partial charge in [-0.05, 0) is 37.1 Å². The van der Waals surface area contributed by atoms with Gasteiger partial charge in [0.15, 0.2) is 10.8 Å².